The summed E-state index contributed by atoms with van der Waals surface area (Å²) in [4.78, 5) is 30.1. The molecular weight excluding hydrogens is 314 g/mol. The Morgan fingerprint density at radius 1 is 1.39 bits per heavy atom. The third-order valence-corrected chi connectivity index (χ3v) is 4.82. The second kappa shape index (κ2) is 5.62. The van der Waals surface area contributed by atoms with Gasteiger partial charge in [-0.2, -0.15) is 5.10 Å². The SMILES string of the molecule is Cc1c(C(=O)Nc2ccnn2C(C)C)sc2ncn(C)c(=O)c12. The van der Waals surface area contributed by atoms with Crippen LogP contribution in [-0.4, -0.2) is 25.2 Å². The van der Waals surface area contributed by atoms with Gasteiger partial charge in [-0.25, -0.2) is 9.67 Å². The maximum atomic E-state index is 12.6. The molecule has 0 bridgehead atoms. The molecule has 0 saturated heterocycles. The molecule has 3 rings (SSSR count). The van der Waals surface area contributed by atoms with Gasteiger partial charge >= 0.3 is 0 Å². The zero-order valence-corrected chi connectivity index (χ0v) is 14.1. The lowest BCUT2D eigenvalue weighted by molar-refractivity contribution is 0.102. The maximum absolute atomic E-state index is 12.6. The number of thiophene rings is 1. The Morgan fingerprint density at radius 3 is 2.83 bits per heavy atom. The van der Waals surface area contributed by atoms with Gasteiger partial charge in [0.2, 0.25) is 0 Å². The molecule has 8 heteroatoms. The quantitative estimate of drug-likeness (QED) is 0.798. The molecule has 0 aliphatic heterocycles. The summed E-state index contributed by atoms with van der Waals surface area (Å²) < 4.78 is 3.15. The van der Waals surface area contributed by atoms with Crippen LogP contribution in [0.15, 0.2) is 23.4 Å². The van der Waals surface area contributed by atoms with Crippen molar-refractivity contribution in [2.45, 2.75) is 26.8 Å². The van der Waals surface area contributed by atoms with Crippen LogP contribution in [0, 0.1) is 6.92 Å². The lowest BCUT2D eigenvalue weighted by atomic mass is 10.2. The summed E-state index contributed by atoms with van der Waals surface area (Å²) in [5.74, 6) is 0.373. The van der Waals surface area contributed by atoms with Crippen molar-refractivity contribution in [3.63, 3.8) is 0 Å². The third kappa shape index (κ3) is 2.55. The van der Waals surface area contributed by atoms with E-state index in [-0.39, 0.29) is 17.5 Å². The van der Waals surface area contributed by atoms with Crippen molar-refractivity contribution in [1.82, 2.24) is 19.3 Å². The van der Waals surface area contributed by atoms with E-state index < -0.39 is 0 Å². The van der Waals surface area contributed by atoms with Crippen LogP contribution in [0.3, 0.4) is 0 Å². The normalized spacial score (nSPS) is 11.3. The number of rotatable bonds is 3. The molecule has 120 valence electrons. The number of aromatic nitrogens is 4. The number of aryl methyl sites for hydroxylation is 2. The van der Waals surface area contributed by atoms with Gasteiger partial charge in [-0.05, 0) is 26.3 Å². The molecule has 3 aromatic rings. The molecule has 0 spiro atoms. The van der Waals surface area contributed by atoms with Crippen molar-refractivity contribution in [3.8, 4) is 0 Å². The molecule has 0 saturated carbocycles. The molecule has 3 aromatic heterocycles. The first-order valence-corrected chi connectivity index (χ1v) is 8.01. The lowest BCUT2D eigenvalue weighted by Crippen LogP contribution is -2.18. The minimum atomic E-state index is -0.255. The fourth-order valence-corrected chi connectivity index (χ4v) is 3.46. The predicted molar refractivity (Wildman–Crippen MR) is 90.2 cm³/mol. The molecule has 3 heterocycles. The van der Waals surface area contributed by atoms with Gasteiger partial charge in [0.25, 0.3) is 11.5 Å². The van der Waals surface area contributed by atoms with Crippen LogP contribution < -0.4 is 10.9 Å². The fraction of sp³-hybridized carbons (Fsp3) is 0.333. The summed E-state index contributed by atoms with van der Waals surface area (Å²) in [6, 6.07) is 1.88. The monoisotopic (exact) mass is 331 g/mol. The van der Waals surface area contributed by atoms with E-state index in [1.807, 2.05) is 13.8 Å². The second-order valence-electron chi connectivity index (χ2n) is 5.61. The number of nitrogens with one attached hydrogen (secondary N) is 1. The largest absolute Gasteiger partial charge is 0.306 e. The smallest absolute Gasteiger partial charge is 0.267 e. The van der Waals surface area contributed by atoms with Crippen molar-refractivity contribution in [3.05, 3.63) is 39.4 Å². The number of fused-ring (bicyclic) bond motifs is 1. The molecule has 0 unspecified atom stereocenters. The zero-order chi connectivity index (χ0) is 16.7. The van der Waals surface area contributed by atoms with Gasteiger partial charge in [0.15, 0.2) is 0 Å². The topological polar surface area (TPSA) is 81.8 Å². The summed E-state index contributed by atoms with van der Waals surface area (Å²) in [7, 11) is 1.65. The van der Waals surface area contributed by atoms with E-state index in [4.69, 9.17) is 0 Å². The minimum absolute atomic E-state index is 0.137. The first-order valence-electron chi connectivity index (χ1n) is 7.19. The molecule has 1 amide bonds. The molecule has 0 fully saturated rings. The van der Waals surface area contributed by atoms with Gasteiger partial charge in [-0.3, -0.25) is 9.59 Å². The van der Waals surface area contributed by atoms with Gasteiger partial charge in [-0.15, -0.1) is 11.3 Å². The highest BCUT2D eigenvalue weighted by Gasteiger charge is 2.20. The van der Waals surface area contributed by atoms with Gasteiger partial charge < -0.3 is 9.88 Å². The van der Waals surface area contributed by atoms with Crippen molar-refractivity contribution in [2.24, 2.45) is 7.05 Å². The number of hydrogen-bond acceptors (Lipinski definition) is 5. The van der Waals surface area contributed by atoms with E-state index in [1.54, 1.807) is 30.9 Å². The highest BCUT2D eigenvalue weighted by Crippen LogP contribution is 2.27. The molecule has 7 nitrogen and oxygen atoms in total. The average Bonchev–Trinajstić information content (AvgIpc) is 3.08. The van der Waals surface area contributed by atoms with Crippen molar-refractivity contribution in [1.29, 1.82) is 0 Å². The molecule has 1 N–H and O–H groups in total. The Kier molecular flexibility index (Phi) is 3.77. The summed E-state index contributed by atoms with van der Waals surface area (Å²) in [6.07, 6.45) is 3.11. The number of anilines is 1. The van der Waals surface area contributed by atoms with E-state index in [2.05, 4.69) is 15.4 Å². The van der Waals surface area contributed by atoms with E-state index >= 15 is 0 Å². The molecule has 0 atom stereocenters. The Morgan fingerprint density at radius 2 is 2.13 bits per heavy atom. The van der Waals surface area contributed by atoms with E-state index in [9.17, 15) is 9.59 Å². The Bertz CT molecular complexity index is 951. The molecular formula is C15H17N5O2S. The molecule has 0 aliphatic carbocycles. The summed E-state index contributed by atoms with van der Waals surface area (Å²) in [5, 5.41) is 7.55. The maximum Gasteiger partial charge on any atom is 0.267 e. The van der Waals surface area contributed by atoms with Crippen molar-refractivity contribution in [2.75, 3.05) is 5.32 Å². The third-order valence-electron chi connectivity index (χ3n) is 3.62. The van der Waals surface area contributed by atoms with E-state index in [0.717, 1.165) is 0 Å². The first kappa shape index (κ1) is 15.4. The van der Waals surface area contributed by atoms with Gasteiger partial charge in [0, 0.05) is 19.2 Å². The van der Waals surface area contributed by atoms with Gasteiger partial charge in [0.1, 0.15) is 10.6 Å². The van der Waals surface area contributed by atoms with Gasteiger partial charge in [-0.1, -0.05) is 0 Å². The lowest BCUT2D eigenvalue weighted by Gasteiger charge is -2.11. The van der Waals surface area contributed by atoms with Crippen LogP contribution in [0.25, 0.3) is 10.2 Å². The van der Waals surface area contributed by atoms with Crippen LogP contribution in [0.2, 0.25) is 0 Å². The summed E-state index contributed by atoms with van der Waals surface area (Å²) in [5.41, 5.74) is 0.516. The first-order chi connectivity index (χ1) is 10.9. The van der Waals surface area contributed by atoms with E-state index in [0.29, 0.717) is 26.5 Å². The zero-order valence-electron chi connectivity index (χ0n) is 13.3. The summed E-state index contributed by atoms with van der Waals surface area (Å²) >= 11 is 1.22. The highest BCUT2D eigenvalue weighted by molar-refractivity contribution is 7.20. The standard InChI is InChI=1S/C15H17N5O2S/c1-8(2)20-10(5-6-17-20)18-13(21)12-9(3)11-14(23-12)16-7-19(4)15(11)22/h5-8H,1-4H3,(H,18,21). The van der Waals surface area contributed by atoms with E-state index in [1.165, 1.54) is 22.2 Å². The molecule has 0 aliphatic rings. The Hall–Kier alpha value is -2.48. The number of amides is 1. The number of carbonyl (C=O) groups is 1. The Labute approximate surface area is 136 Å². The second-order valence-corrected chi connectivity index (χ2v) is 6.60. The number of nitrogens with zero attached hydrogens (tertiary/aromatic N) is 4. The fourth-order valence-electron chi connectivity index (χ4n) is 2.42. The number of carbonyl (C=O) groups excluding carboxylic acids is 1. The molecule has 23 heavy (non-hydrogen) atoms. The number of hydrogen-bond donors (Lipinski definition) is 1. The van der Waals surface area contributed by atoms with Crippen LogP contribution >= 0.6 is 11.3 Å². The highest BCUT2D eigenvalue weighted by atomic mass is 32.1. The predicted octanol–water partition coefficient (Wildman–Crippen LogP) is 2.33. The van der Waals surface area contributed by atoms with Crippen molar-refractivity contribution < 1.29 is 4.79 Å². The van der Waals surface area contributed by atoms with Crippen LogP contribution in [0.4, 0.5) is 5.82 Å². The van der Waals surface area contributed by atoms with Crippen molar-refractivity contribution >= 4 is 33.3 Å². The summed E-state index contributed by atoms with van der Waals surface area (Å²) in [6.45, 7) is 5.75. The van der Waals surface area contributed by atoms with Crippen LogP contribution in [0.1, 0.15) is 35.1 Å². The van der Waals surface area contributed by atoms with Crippen LogP contribution in [-0.2, 0) is 7.05 Å². The van der Waals surface area contributed by atoms with Crippen LogP contribution in [0.5, 0.6) is 0 Å². The van der Waals surface area contributed by atoms with Gasteiger partial charge in [0.05, 0.1) is 22.8 Å². The molecule has 0 aromatic carbocycles. The minimum Gasteiger partial charge on any atom is -0.306 e. The Balaban J connectivity index is 2.02. The molecule has 0 radical (unpaired) electrons. The average molecular weight is 331 g/mol.